The molecule has 4 heteroatoms. The molecule has 0 aliphatic heterocycles. The topological polar surface area (TPSA) is 44.4 Å². The monoisotopic (exact) mass is 277 g/mol. The lowest BCUT2D eigenvalue weighted by Gasteiger charge is -2.29. The molecule has 1 aromatic rings. The van der Waals surface area contributed by atoms with Crippen LogP contribution in [0.4, 0.5) is 0 Å². The van der Waals surface area contributed by atoms with Crippen molar-refractivity contribution in [2.75, 3.05) is 26.7 Å². The van der Waals surface area contributed by atoms with Gasteiger partial charge in [0.1, 0.15) is 6.04 Å². The van der Waals surface area contributed by atoms with Crippen LogP contribution >= 0.6 is 0 Å². The van der Waals surface area contributed by atoms with Crippen LogP contribution in [0.15, 0.2) is 30.3 Å². The molecule has 0 saturated heterocycles. The predicted molar refractivity (Wildman–Crippen MR) is 83.6 cm³/mol. The Morgan fingerprint density at radius 3 is 2.30 bits per heavy atom. The van der Waals surface area contributed by atoms with E-state index in [0.717, 1.165) is 18.7 Å². The molecular weight excluding hydrogens is 250 g/mol. The summed E-state index contributed by atoms with van der Waals surface area (Å²) in [6, 6.07) is 10.0. The summed E-state index contributed by atoms with van der Waals surface area (Å²) in [6.45, 7) is 8.57. The number of hydrogen-bond donors (Lipinski definition) is 2. The largest absolute Gasteiger partial charge is 0.353 e. The fourth-order valence-corrected chi connectivity index (χ4v) is 2.20. The van der Waals surface area contributed by atoms with Gasteiger partial charge in [0.2, 0.25) is 5.91 Å². The highest BCUT2D eigenvalue weighted by Gasteiger charge is 2.25. The van der Waals surface area contributed by atoms with Crippen LogP contribution in [0.1, 0.15) is 32.4 Å². The van der Waals surface area contributed by atoms with Crippen molar-refractivity contribution in [2.24, 2.45) is 0 Å². The van der Waals surface area contributed by atoms with Crippen LogP contribution < -0.4 is 10.6 Å². The van der Waals surface area contributed by atoms with Gasteiger partial charge in [-0.1, -0.05) is 44.2 Å². The summed E-state index contributed by atoms with van der Waals surface area (Å²) in [4.78, 5) is 14.7. The molecule has 0 bridgehead atoms. The molecule has 0 fully saturated rings. The quantitative estimate of drug-likeness (QED) is 0.761. The van der Waals surface area contributed by atoms with Gasteiger partial charge in [0, 0.05) is 12.6 Å². The van der Waals surface area contributed by atoms with E-state index in [1.165, 1.54) is 0 Å². The van der Waals surface area contributed by atoms with Crippen LogP contribution in [0.2, 0.25) is 0 Å². The number of hydrogen-bond acceptors (Lipinski definition) is 3. The van der Waals surface area contributed by atoms with Gasteiger partial charge in [0.15, 0.2) is 0 Å². The van der Waals surface area contributed by atoms with Crippen molar-refractivity contribution in [1.29, 1.82) is 0 Å². The third-order valence-corrected chi connectivity index (χ3v) is 3.62. The Balaban J connectivity index is 2.85. The molecule has 0 aromatic heterocycles. The lowest BCUT2D eigenvalue weighted by atomic mass is 10.0. The first-order valence-corrected chi connectivity index (χ1v) is 7.37. The van der Waals surface area contributed by atoms with E-state index < -0.39 is 0 Å². The molecule has 1 rings (SSSR count). The summed E-state index contributed by atoms with van der Waals surface area (Å²) in [6.07, 6.45) is 0. The van der Waals surface area contributed by atoms with Crippen molar-refractivity contribution in [3.05, 3.63) is 35.9 Å². The minimum absolute atomic E-state index is 0.0713. The van der Waals surface area contributed by atoms with Crippen molar-refractivity contribution in [1.82, 2.24) is 15.5 Å². The van der Waals surface area contributed by atoms with Gasteiger partial charge in [-0.25, -0.2) is 0 Å². The van der Waals surface area contributed by atoms with E-state index in [0.29, 0.717) is 6.54 Å². The van der Waals surface area contributed by atoms with Gasteiger partial charge in [-0.2, -0.15) is 0 Å². The molecule has 0 spiro atoms. The Kier molecular flexibility index (Phi) is 7.26. The maximum atomic E-state index is 12.5. The van der Waals surface area contributed by atoms with E-state index in [2.05, 4.69) is 36.3 Å². The number of carbonyl (C=O) groups is 1. The molecule has 20 heavy (non-hydrogen) atoms. The van der Waals surface area contributed by atoms with E-state index >= 15 is 0 Å². The Hall–Kier alpha value is -1.39. The molecule has 2 atom stereocenters. The second-order valence-electron chi connectivity index (χ2n) is 4.97. The molecule has 0 radical (unpaired) electrons. The third-order valence-electron chi connectivity index (χ3n) is 3.62. The minimum Gasteiger partial charge on any atom is -0.353 e. The number of nitrogens with one attached hydrogen (secondary N) is 2. The number of amides is 1. The summed E-state index contributed by atoms with van der Waals surface area (Å²) in [5.74, 6) is 0.0713. The van der Waals surface area contributed by atoms with E-state index in [9.17, 15) is 4.79 Å². The number of carbonyl (C=O) groups excluding carboxylic acids is 1. The molecule has 0 heterocycles. The maximum Gasteiger partial charge on any atom is 0.242 e. The zero-order chi connectivity index (χ0) is 15.0. The van der Waals surface area contributed by atoms with Gasteiger partial charge >= 0.3 is 0 Å². The van der Waals surface area contributed by atoms with E-state index in [-0.39, 0.29) is 18.0 Å². The van der Waals surface area contributed by atoms with Gasteiger partial charge in [0.25, 0.3) is 0 Å². The Bertz CT molecular complexity index is 390. The standard InChI is InChI=1S/C16H27N3O/c1-5-19(6-2)15(14-10-8-7-9-11-14)16(20)18-12-13(3)17-4/h7-11,13,15,17H,5-6,12H2,1-4H3,(H,18,20). The first-order chi connectivity index (χ1) is 9.63. The van der Waals surface area contributed by atoms with Crippen molar-refractivity contribution < 1.29 is 4.79 Å². The molecule has 2 N–H and O–H groups in total. The highest BCUT2D eigenvalue weighted by Crippen LogP contribution is 2.20. The van der Waals surface area contributed by atoms with Gasteiger partial charge in [0.05, 0.1) is 0 Å². The van der Waals surface area contributed by atoms with Crippen molar-refractivity contribution in [3.63, 3.8) is 0 Å². The van der Waals surface area contributed by atoms with Crippen molar-refractivity contribution >= 4 is 5.91 Å². The Labute approximate surface area is 122 Å². The second-order valence-corrected chi connectivity index (χ2v) is 4.97. The number of rotatable bonds is 8. The van der Waals surface area contributed by atoms with Gasteiger partial charge in [-0.05, 0) is 32.6 Å². The molecule has 0 aliphatic carbocycles. The Morgan fingerprint density at radius 2 is 1.80 bits per heavy atom. The van der Waals surface area contributed by atoms with E-state index in [1.807, 2.05) is 37.4 Å². The van der Waals surface area contributed by atoms with Crippen molar-refractivity contribution in [3.8, 4) is 0 Å². The van der Waals surface area contributed by atoms with E-state index in [4.69, 9.17) is 0 Å². The molecule has 112 valence electrons. The summed E-state index contributed by atoms with van der Waals surface area (Å²) < 4.78 is 0. The molecule has 2 unspecified atom stereocenters. The molecule has 0 saturated carbocycles. The smallest absolute Gasteiger partial charge is 0.242 e. The van der Waals surface area contributed by atoms with Gasteiger partial charge < -0.3 is 10.6 Å². The summed E-state index contributed by atoms with van der Waals surface area (Å²) >= 11 is 0. The maximum absolute atomic E-state index is 12.5. The summed E-state index contributed by atoms with van der Waals surface area (Å²) in [5.41, 5.74) is 1.05. The highest BCUT2D eigenvalue weighted by atomic mass is 16.2. The second kappa shape index (κ2) is 8.72. The Morgan fingerprint density at radius 1 is 1.20 bits per heavy atom. The SMILES string of the molecule is CCN(CC)C(C(=O)NCC(C)NC)c1ccccc1. The predicted octanol–water partition coefficient (Wildman–Crippen LogP) is 1.79. The zero-order valence-electron chi connectivity index (χ0n) is 13.0. The van der Waals surface area contributed by atoms with Gasteiger partial charge in [-0.15, -0.1) is 0 Å². The molecule has 1 aromatic carbocycles. The third kappa shape index (κ3) is 4.62. The molecular formula is C16H27N3O. The first-order valence-electron chi connectivity index (χ1n) is 7.37. The molecule has 1 amide bonds. The lowest BCUT2D eigenvalue weighted by molar-refractivity contribution is -0.126. The number of likely N-dealkylation sites (N-methyl/N-ethyl adjacent to an activating group) is 2. The minimum atomic E-state index is -0.213. The molecule has 4 nitrogen and oxygen atoms in total. The highest BCUT2D eigenvalue weighted by molar-refractivity contribution is 5.83. The zero-order valence-corrected chi connectivity index (χ0v) is 13.0. The average Bonchev–Trinajstić information content (AvgIpc) is 2.50. The average molecular weight is 277 g/mol. The summed E-state index contributed by atoms with van der Waals surface area (Å²) in [7, 11) is 1.90. The summed E-state index contributed by atoms with van der Waals surface area (Å²) in [5, 5.41) is 6.17. The number of benzene rings is 1. The van der Waals surface area contributed by atoms with Crippen LogP contribution in [0.5, 0.6) is 0 Å². The van der Waals surface area contributed by atoms with Crippen LogP contribution in [0.3, 0.4) is 0 Å². The van der Waals surface area contributed by atoms with E-state index in [1.54, 1.807) is 0 Å². The fraction of sp³-hybridized carbons (Fsp3) is 0.562. The normalized spacial score (nSPS) is 14.1. The van der Waals surface area contributed by atoms with Crippen LogP contribution in [0.25, 0.3) is 0 Å². The van der Waals surface area contributed by atoms with Gasteiger partial charge in [-0.3, -0.25) is 9.69 Å². The fourth-order valence-electron chi connectivity index (χ4n) is 2.20. The van der Waals surface area contributed by atoms with Crippen LogP contribution in [-0.4, -0.2) is 43.5 Å². The van der Waals surface area contributed by atoms with Crippen LogP contribution in [-0.2, 0) is 4.79 Å². The lowest BCUT2D eigenvalue weighted by Crippen LogP contribution is -2.44. The number of nitrogens with zero attached hydrogens (tertiary/aromatic N) is 1. The molecule has 0 aliphatic rings. The van der Waals surface area contributed by atoms with Crippen LogP contribution in [0, 0.1) is 0 Å². The van der Waals surface area contributed by atoms with Crippen molar-refractivity contribution in [2.45, 2.75) is 32.9 Å². The first kappa shape index (κ1) is 16.7.